The molecule has 0 saturated heterocycles. The van der Waals surface area contributed by atoms with E-state index in [4.69, 9.17) is 2.74 Å². The van der Waals surface area contributed by atoms with Crippen molar-refractivity contribution in [3.05, 3.63) is 101 Å². The van der Waals surface area contributed by atoms with Gasteiger partial charge < -0.3 is 5.11 Å². The molecule has 293 valence electrons. The van der Waals surface area contributed by atoms with Gasteiger partial charge in [-0.15, -0.1) is 40.5 Å². The fraction of sp³-hybridized carbons (Fsp3) is 0.435. The number of carbonyl (C=O) groups excluding carboxylic acids is 1. The number of alkyl halides is 3. The van der Waals surface area contributed by atoms with Crippen molar-refractivity contribution in [2.24, 2.45) is 17.3 Å². The van der Waals surface area contributed by atoms with Crippen LogP contribution in [0, 0.1) is 30.2 Å². The summed E-state index contributed by atoms with van der Waals surface area (Å²) in [5.74, 6) is 0.547. The molecule has 0 fully saturated rings. The first-order chi connectivity index (χ1) is 25.7. The molecule has 1 N–H and O–H groups in total. The quantitative estimate of drug-likeness (QED) is 0.0815. The molecule has 0 saturated carbocycles. The summed E-state index contributed by atoms with van der Waals surface area (Å²) in [7, 11) is 0. The van der Waals surface area contributed by atoms with Gasteiger partial charge in [-0.2, -0.15) is 13.2 Å². The van der Waals surface area contributed by atoms with Gasteiger partial charge >= 0.3 is 6.18 Å². The van der Waals surface area contributed by atoms with E-state index in [1.807, 2.05) is 65.0 Å². The van der Waals surface area contributed by atoms with Gasteiger partial charge in [-0.1, -0.05) is 116 Å². The summed E-state index contributed by atoms with van der Waals surface area (Å²) in [5.41, 5.74) is 2.93. The van der Waals surface area contributed by atoms with E-state index in [0.29, 0.717) is 16.6 Å². The number of aliphatic hydroxyl groups excluding tert-OH is 1. The van der Waals surface area contributed by atoms with Gasteiger partial charge in [0.1, 0.15) is 0 Å². The van der Waals surface area contributed by atoms with Crippen LogP contribution in [0.5, 0.6) is 0 Å². The van der Waals surface area contributed by atoms with Crippen molar-refractivity contribution in [3.63, 3.8) is 0 Å². The number of fused-ring (bicyclic) bond motifs is 2. The third kappa shape index (κ3) is 10.3. The zero-order valence-corrected chi connectivity index (χ0v) is 36.4. The Kier molecular flexibility index (Phi) is 14.4. The molecule has 5 rings (SSSR count). The van der Waals surface area contributed by atoms with Crippen LogP contribution in [0.3, 0.4) is 0 Å². The first kappa shape index (κ1) is 41.8. The van der Waals surface area contributed by atoms with Crippen LogP contribution < -0.4 is 0 Å². The van der Waals surface area contributed by atoms with Crippen LogP contribution in [0.4, 0.5) is 13.2 Å². The number of rotatable bonds is 11. The van der Waals surface area contributed by atoms with E-state index in [0.717, 1.165) is 68.3 Å². The Morgan fingerprint density at radius 1 is 0.926 bits per heavy atom. The molecule has 54 heavy (non-hydrogen) atoms. The fourth-order valence-electron chi connectivity index (χ4n) is 6.62. The average Bonchev–Trinajstić information content (AvgIpc) is 3.46. The van der Waals surface area contributed by atoms with E-state index in [-0.39, 0.29) is 67.5 Å². The zero-order valence-electron chi connectivity index (χ0n) is 35.1. The normalized spacial score (nSPS) is 13.1. The van der Waals surface area contributed by atoms with Gasteiger partial charge in [0.05, 0.1) is 13.9 Å². The molecule has 0 bridgehead atoms. The molecule has 0 aliphatic rings. The zero-order chi connectivity index (χ0) is 41.0. The van der Waals surface area contributed by atoms with E-state index < -0.39 is 11.6 Å². The molecule has 3 nitrogen and oxygen atoms in total. The molecule has 5 aromatic rings. The second-order valence-electron chi connectivity index (χ2n) is 15.6. The van der Waals surface area contributed by atoms with Crippen LogP contribution in [0.2, 0.25) is 0 Å². The van der Waals surface area contributed by atoms with Gasteiger partial charge in [0.2, 0.25) is 0 Å². The number of aryl methyl sites for hydroxylation is 1. The first-order valence-corrected chi connectivity index (χ1v) is 19.5. The molecule has 0 aliphatic carbocycles. The molecule has 8 heteroatoms. The molecule has 0 aliphatic heterocycles. The van der Waals surface area contributed by atoms with E-state index in [1.165, 1.54) is 31.3 Å². The summed E-state index contributed by atoms with van der Waals surface area (Å²) in [6.45, 7) is 18.9. The molecular formula is C46H55F3IrNO2S-. The number of carbonyl (C=O) groups is 1. The number of pyridine rings is 1. The van der Waals surface area contributed by atoms with E-state index in [2.05, 4.69) is 44.0 Å². The second kappa shape index (κ2) is 18.5. The average molecular weight is 937 g/mol. The minimum Gasteiger partial charge on any atom is -0.512 e. The molecule has 2 aromatic heterocycles. The van der Waals surface area contributed by atoms with Gasteiger partial charge in [0.25, 0.3) is 0 Å². The van der Waals surface area contributed by atoms with Gasteiger partial charge in [0, 0.05) is 59.5 Å². The van der Waals surface area contributed by atoms with Gasteiger partial charge in [0.15, 0.2) is 5.78 Å². The fourth-order valence-corrected chi connectivity index (χ4v) is 7.89. The Morgan fingerprint density at radius 2 is 1.52 bits per heavy atom. The van der Waals surface area contributed by atoms with E-state index in [1.54, 1.807) is 12.1 Å². The summed E-state index contributed by atoms with van der Waals surface area (Å²) >= 11 is 1.50. The van der Waals surface area contributed by atoms with Crippen molar-refractivity contribution in [2.75, 3.05) is 0 Å². The van der Waals surface area contributed by atoms with Crippen molar-refractivity contribution in [1.82, 2.24) is 4.98 Å². The Morgan fingerprint density at radius 3 is 2.07 bits per heavy atom. The molecule has 0 unspecified atom stereocenters. The summed E-state index contributed by atoms with van der Waals surface area (Å²) in [5, 5.41) is 12.5. The number of halogens is 3. The van der Waals surface area contributed by atoms with E-state index >= 15 is 0 Å². The number of nitrogens with zero attached hydrogens (tertiary/aromatic N) is 1. The summed E-state index contributed by atoms with van der Waals surface area (Å²) in [6, 6.07) is 21.0. The van der Waals surface area contributed by atoms with Gasteiger partial charge in [-0.25, -0.2) is 0 Å². The summed E-state index contributed by atoms with van der Waals surface area (Å²) in [4.78, 5) is 17.2. The van der Waals surface area contributed by atoms with Crippen molar-refractivity contribution < 1.29 is 45.9 Å². The van der Waals surface area contributed by atoms with Crippen LogP contribution >= 0.6 is 11.3 Å². The van der Waals surface area contributed by atoms with Crippen molar-refractivity contribution in [2.45, 2.75) is 113 Å². The first-order valence-electron chi connectivity index (χ1n) is 19.6. The molecule has 2 heterocycles. The van der Waals surface area contributed by atoms with Gasteiger partial charge in [-0.05, 0) is 72.6 Å². The predicted molar refractivity (Wildman–Crippen MR) is 218 cm³/mol. The van der Waals surface area contributed by atoms with Crippen molar-refractivity contribution in [3.8, 4) is 21.7 Å². The smallest absolute Gasteiger partial charge is 0.394 e. The molecule has 1 radical (unpaired) electrons. The number of hydrogen-bond donors (Lipinski definition) is 1. The second-order valence-corrected chi connectivity index (χ2v) is 16.6. The van der Waals surface area contributed by atoms with Crippen LogP contribution in [0.15, 0.2) is 78.6 Å². The Bertz CT molecular complexity index is 2160. The molecule has 3 aromatic carbocycles. The topological polar surface area (TPSA) is 50.2 Å². The van der Waals surface area contributed by atoms with Crippen LogP contribution in [0.1, 0.15) is 107 Å². The maximum atomic E-state index is 13.4. The minimum atomic E-state index is -4.29. The number of aliphatic hydroxyl groups is 1. The largest absolute Gasteiger partial charge is 0.512 e. The third-order valence-corrected chi connectivity index (χ3v) is 11.6. The Hall–Kier alpha value is -3.32. The van der Waals surface area contributed by atoms with Crippen molar-refractivity contribution >= 4 is 38.0 Å². The Balaban J connectivity index is 0.000000448. The number of aromatic nitrogens is 1. The SMILES string of the molecule is CCC(CC)C(=O)/C=C(\O)C(CC)CC.[2H]c1nc(-c2[c-]c3ccccc3c(C(C)(C)C)c2)c2sc(-c3ccc(CC(C)(C)C(F)(F)F)cc3)c(C)c2c1[2H].[Ir]. The number of allylic oxidation sites excluding steroid dienone is 2. The molecule has 0 atom stereocenters. The number of hydrogen-bond acceptors (Lipinski definition) is 4. The molecule has 0 amide bonds. The number of ketones is 1. The maximum Gasteiger partial charge on any atom is 0.394 e. The monoisotopic (exact) mass is 937 g/mol. The number of benzene rings is 3. The summed E-state index contributed by atoms with van der Waals surface area (Å²) < 4.78 is 58.2. The molecular weight excluding hydrogens is 880 g/mol. The van der Waals surface area contributed by atoms with Crippen LogP contribution in [0.25, 0.3) is 42.6 Å². The van der Waals surface area contributed by atoms with Crippen LogP contribution in [-0.2, 0) is 36.7 Å². The molecule has 0 spiro atoms. The van der Waals surface area contributed by atoms with Crippen molar-refractivity contribution in [1.29, 1.82) is 0 Å². The van der Waals surface area contributed by atoms with E-state index in [9.17, 15) is 23.1 Å². The number of thiophene rings is 1. The summed E-state index contributed by atoms with van der Waals surface area (Å²) in [6.07, 6.45) is 0.410. The van der Waals surface area contributed by atoms with Crippen LogP contribution in [-0.4, -0.2) is 22.1 Å². The predicted octanol–water partition coefficient (Wildman–Crippen LogP) is 14.2. The Labute approximate surface area is 340 Å². The minimum absolute atomic E-state index is 0. The standard InChI is InChI=1S/C33H31F3NS.C13H24O2.Ir/c1-20-25-15-16-37-28(24-17-23-9-7-8-10-26(23)27(18-24)31(2,3)4)30(25)38-29(20)22-13-11-21(12-14-22)19-32(5,6)33(34,35)36;1-5-10(6-2)12(14)9-13(15)11(7-3)8-4;/h7-16,18H,19H2,1-6H3;9-11,14H,5-8H2,1-4H3;/q-1;;/b;12-9-;/i15D,16D;;. The van der Waals surface area contributed by atoms with Gasteiger partial charge in [-0.3, -0.25) is 9.78 Å². The third-order valence-electron chi connectivity index (χ3n) is 10.3. The maximum absolute atomic E-state index is 13.4.